The number of nitrogens with one attached hydrogen (secondary N) is 2. The molecule has 8 nitrogen and oxygen atoms in total. The van der Waals surface area contributed by atoms with Gasteiger partial charge in [0.2, 0.25) is 0 Å². The summed E-state index contributed by atoms with van der Waals surface area (Å²) in [4.78, 5) is 13.4. The molecule has 0 unspecified atom stereocenters. The number of aryl methyl sites for hydroxylation is 2. The van der Waals surface area contributed by atoms with E-state index in [4.69, 9.17) is 10.2 Å². The highest BCUT2D eigenvalue weighted by Gasteiger charge is 2.32. The summed E-state index contributed by atoms with van der Waals surface area (Å²) < 4.78 is 23.6. The van der Waals surface area contributed by atoms with Crippen LogP contribution in [0.25, 0.3) is 33.3 Å². The van der Waals surface area contributed by atoms with E-state index in [1.54, 1.807) is 6.07 Å². The molecular weight excluding hydrogens is 540 g/mol. The number of hydrogen-bond acceptors (Lipinski definition) is 7. The SMILES string of the molecule is CC.Cc1cc(C)c2oc(Nc3ccc(-c4cn(C5CCC(B6CCNCC6)CC5)c5ncnc(N)c45)cc3F)nc2c1. The Morgan fingerprint density at radius 3 is 2.56 bits per heavy atom. The van der Waals surface area contributed by atoms with Gasteiger partial charge in [0.1, 0.15) is 35.8 Å². The smallest absolute Gasteiger partial charge is 0.300 e. The van der Waals surface area contributed by atoms with E-state index >= 15 is 4.39 Å². The highest BCUT2D eigenvalue weighted by molar-refractivity contribution is 6.60. The zero-order valence-corrected chi connectivity index (χ0v) is 25.6. The van der Waals surface area contributed by atoms with E-state index in [2.05, 4.69) is 36.3 Å². The van der Waals surface area contributed by atoms with Crippen LogP contribution in [-0.2, 0) is 0 Å². The van der Waals surface area contributed by atoms with E-state index in [0.717, 1.165) is 77.3 Å². The molecule has 2 aromatic carbocycles. The maximum Gasteiger partial charge on any atom is 0.300 e. The van der Waals surface area contributed by atoms with Gasteiger partial charge in [-0.15, -0.1) is 0 Å². The van der Waals surface area contributed by atoms with Crippen molar-refractivity contribution in [3.63, 3.8) is 0 Å². The van der Waals surface area contributed by atoms with Crippen molar-refractivity contribution < 1.29 is 8.81 Å². The molecule has 7 rings (SSSR count). The van der Waals surface area contributed by atoms with Crippen LogP contribution in [0.15, 0.2) is 47.3 Å². The van der Waals surface area contributed by atoms with Gasteiger partial charge in [-0.05, 0) is 74.7 Å². The zero-order chi connectivity index (χ0) is 30.1. The molecular formula is C33H41BFN7O. The molecule has 1 aliphatic carbocycles. The Bertz CT molecular complexity index is 1730. The van der Waals surface area contributed by atoms with Gasteiger partial charge >= 0.3 is 0 Å². The minimum absolute atomic E-state index is 0.259. The minimum Gasteiger partial charge on any atom is -0.423 e. The number of nitrogens with two attached hydrogens (primary N) is 1. The number of nitrogen functional groups attached to an aromatic ring is 1. The molecule has 0 spiro atoms. The molecule has 224 valence electrons. The van der Waals surface area contributed by atoms with Crippen LogP contribution < -0.4 is 16.4 Å². The van der Waals surface area contributed by atoms with Crippen LogP contribution in [0.4, 0.5) is 21.9 Å². The Balaban J connectivity index is 0.00000161. The summed E-state index contributed by atoms with van der Waals surface area (Å²) in [5.74, 6) is 0.806. The fourth-order valence-corrected chi connectivity index (χ4v) is 7.10. The van der Waals surface area contributed by atoms with Crippen LogP contribution >= 0.6 is 0 Å². The summed E-state index contributed by atoms with van der Waals surface area (Å²) in [5, 5.41) is 7.28. The Morgan fingerprint density at radius 2 is 1.81 bits per heavy atom. The van der Waals surface area contributed by atoms with Gasteiger partial charge in [-0.25, -0.2) is 14.4 Å². The standard InChI is InChI=1S/C31H35BFN7O.C2H6/c1-18-13-19(2)28-26(14-18)39-31(41-28)38-25-8-3-20(15-24(25)33)23-16-40(30-27(23)29(34)36-17-37-30)22-6-4-21(5-7-22)32-9-11-35-12-10-32;1-2/h3,8,13-17,21-22,35H,4-7,9-12H2,1-2H3,(H,38,39)(H2,34,36,37);1-2H3. The molecule has 4 heterocycles. The molecule has 43 heavy (non-hydrogen) atoms. The van der Waals surface area contributed by atoms with Crippen molar-refractivity contribution >= 4 is 46.4 Å². The lowest BCUT2D eigenvalue weighted by atomic mass is 9.34. The number of aromatic nitrogens is 4. The first-order valence-corrected chi connectivity index (χ1v) is 15.7. The first-order valence-electron chi connectivity index (χ1n) is 15.7. The summed E-state index contributed by atoms with van der Waals surface area (Å²) in [6, 6.07) is 9.73. The molecule has 0 bridgehead atoms. The Morgan fingerprint density at radius 1 is 1.05 bits per heavy atom. The van der Waals surface area contributed by atoms with E-state index in [1.165, 1.54) is 37.9 Å². The van der Waals surface area contributed by atoms with E-state index in [0.29, 0.717) is 23.1 Å². The number of hydrogen-bond donors (Lipinski definition) is 3. The summed E-state index contributed by atoms with van der Waals surface area (Å²) in [7, 11) is 0. The molecule has 1 saturated heterocycles. The van der Waals surface area contributed by atoms with Crippen molar-refractivity contribution in [3.05, 3.63) is 59.8 Å². The van der Waals surface area contributed by atoms with Gasteiger partial charge in [-0.1, -0.05) is 57.3 Å². The Labute approximate surface area is 252 Å². The number of benzene rings is 2. The monoisotopic (exact) mass is 581 g/mol. The molecule has 5 aromatic rings. The highest BCUT2D eigenvalue weighted by Crippen LogP contribution is 2.43. The lowest BCUT2D eigenvalue weighted by Crippen LogP contribution is -2.37. The van der Waals surface area contributed by atoms with Gasteiger partial charge in [0, 0.05) is 17.8 Å². The Kier molecular flexibility index (Phi) is 8.39. The van der Waals surface area contributed by atoms with Crippen LogP contribution in [0.3, 0.4) is 0 Å². The van der Waals surface area contributed by atoms with E-state index < -0.39 is 5.82 Å². The third kappa shape index (κ3) is 5.72. The van der Waals surface area contributed by atoms with E-state index in [-0.39, 0.29) is 6.01 Å². The maximum absolute atomic E-state index is 15.5. The Hall–Kier alpha value is -3.92. The van der Waals surface area contributed by atoms with Gasteiger partial charge < -0.3 is 25.4 Å². The fourth-order valence-electron chi connectivity index (χ4n) is 7.10. The number of fused-ring (bicyclic) bond motifs is 2. The van der Waals surface area contributed by atoms with Crippen molar-refractivity contribution in [1.82, 2.24) is 24.8 Å². The average molecular weight is 582 g/mol. The number of rotatable bonds is 5. The fraction of sp³-hybridized carbons (Fsp3) is 0.424. The summed E-state index contributed by atoms with van der Waals surface area (Å²) in [5.41, 5.74) is 12.6. The van der Waals surface area contributed by atoms with Crippen LogP contribution in [0.1, 0.15) is 56.7 Å². The van der Waals surface area contributed by atoms with Crippen LogP contribution in [-0.4, -0.2) is 39.3 Å². The molecule has 0 radical (unpaired) electrons. The number of oxazole rings is 1. The van der Waals surface area contributed by atoms with Crippen LogP contribution in [0.2, 0.25) is 18.5 Å². The minimum atomic E-state index is -0.406. The number of anilines is 3. The molecule has 4 N–H and O–H groups in total. The summed E-state index contributed by atoms with van der Waals surface area (Å²) in [6.07, 6.45) is 10.9. The third-order valence-electron chi connectivity index (χ3n) is 9.17. The normalized spacial score (nSPS) is 19.0. The largest absolute Gasteiger partial charge is 0.423 e. The first-order chi connectivity index (χ1) is 20.9. The van der Waals surface area contributed by atoms with Crippen molar-refractivity contribution in [2.45, 2.75) is 77.9 Å². The quantitative estimate of drug-likeness (QED) is 0.181. The number of halogens is 1. The van der Waals surface area contributed by atoms with E-state index in [9.17, 15) is 0 Å². The van der Waals surface area contributed by atoms with Gasteiger partial charge in [-0.3, -0.25) is 0 Å². The second kappa shape index (κ2) is 12.4. The third-order valence-corrected chi connectivity index (χ3v) is 9.17. The molecule has 1 aliphatic heterocycles. The topological polar surface area (TPSA) is 107 Å². The van der Waals surface area contributed by atoms with Gasteiger partial charge in [0.25, 0.3) is 6.01 Å². The first kappa shape index (κ1) is 29.2. The van der Waals surface area contributed by atoms with Crippen LogP contribution in [0.5, 0.6) is 0 Å². The predicted octanol–water partition coefficient (Wildman–Crippen LogP) is 7.93. The molecule has 1 saturated carbocycles. The highest BCUT2D eigenvalue weighted by atomic mass is 19.1. The van der Waals surface area contributed by atoms with Crippen LogP contribution in [0, 0.1) is 19.7 Å². The molecule has 2 fully saturated rings. The number of nitrogens with zero attached hydrogens (tertiary/aromatic N) is 4. The van der Waals surface area contributed by atoms with Gasteiger partial charge in [0.15, 0.2) is 5.58 Å². The second-order valence-corrected chi connectivity index (χ2v) is 11.8. The van der Waals surface area contributed by atoms with Gasteiger partial charge in [-0.2, -0.15) is 4.98 Å². The molecule has 0 atom stereocenters. The van der Waals surface area contributed by atoms with Crippen molar-refractivity contribution in [2.24, 2.45) is 0 Å². The second-order valence-electron chi connectivity index (χ2n) is 11.8. The molecule has 2 aliphatic rings. The van der Waals surface area contributed by atoms with Gasteiger partial charge in [0.05, 0.1) is 11.1 Å². The lowest BCUT2D eigenvalue weighted by molar-refractivity contribution is 0.355. The summed E-state index contributed by atoms with van der Waals surface area (Å²) >= 11 is 0. The van der Waals surface area contributed by atoms with E-state index in [1.807, 2.05) is 45.9 Å². The predicted molar refractivity (Wildman–Crippen MR) is 175 cm³/mol. The average Bonchev–Trinajstić information content (AvgIpc) is 3.62. The molecule has 10 heteroatoms. The van der Waals surface area contributed by atoms with Crippen molar-refractivity contribution in [1.29, 1.82) is 0 Å². The molecule has 0 amide bonds. The lowest BCUT2D eigenvalue weighted by Gasteiger charge is -2.35. The maximum atomic E-state index is 15.5. The summed E-state index contributed by atoms with van der Waals surface area (Å²) in [6.45, 7) is 11.1. The van der Waals surface area contributed by atoms with Crippen molar-refractivity contribution in [3.8, 4) is 11.1 Å². The van der Waals surface area contributed by atoms with Crippen molar-refractivity contribution in [2.75, 3.05) is 24.1 Å². The molecule has 3 aromatic heterocycles. The zero-order valence-electron chi connectivity index (χ0n) is 25.6.